The number of nitro groups is 1. The summed E-state index contributed by atoms with van der Waals surface area (Å²) in [5, 5.41) is 13.9. The molecule has 32 heavy (non-hydrogen) atoms. The lowest BCUT2D eigenvalue weighted by Gasteiger charge is -2.30. The van der Waals surface area contributed by atoms with Crippen LogP contribution in [0.5, 0.6) is 0 Å². The van der Waals surface area contributed by atoms with Crippen molar-refractivity contribution in [2.75, 3.05) is 0 Å². The maximum atomic E-state index is 13.5. The predicted molar refractivity (Wildman–Crippen MR) is 117 cm³/mol. The Bertz CT molecular complexity index is 1100. The zero-order valence-electron chi connectivity index (χ0n) is 16.9. The minimum Gasteiger partial charge on any atom is -0.272 e. The van der Waals surface area contributed by atoms with Crippen molar-refractivity contribution in [1.82, 2.24) is 10.0 Å². The Morgan fingerprint density at radius 2 is 1.66 bits per heavy atom. The van der Waals surface area contributed by atoms with Gasteiger partial charge in [0, 0.05) is 6.07 Å². The van der Waals surface area contributed by atoms with Crippen LogP contribution in [0.1, 0.15) is 41.6 Å². The van der Waals surface area contributed by atoms with Crippen molar-refractivity contribution in [1.29, 1.82) is 0 Å². The van der Waals surface area contributed by atoms with E-state index >= 15 is 0 Å². The van der Waals surface area contributed by atoms with Gasteiger partial charge in [0.25, 0.3) is 23.4 Å². The van der Waals surface area contributed by atoms with Gasteiger partial charge in [0.2, 0.25) is 0 Å². The van der Waals surface area contributed by atoms with Crippen LogP contribution in [0.25, 0.3) is 0 Å². The molecule has 2 atom stereocenters. The molecule has 1 heterocycles. The molecule has 3 amide bonds. The third kappa shape index (κ3) is 3.96. The molecule has 2 aliphatic rings. The Labute approximate surface area is 193 Å². The lowest BCUT2D eigenvalue weighted by Crippen LogP contribution is -2.49. The van der Waals surface area contributed by atoms with Gasteiger partial charge in [0.1, 0.15) is 5.56 Å². The van der Waals surface area contributed by atoms with Gasteiger partial charge in [-0.05, 0) is 36.6 Å². The van der Waals surface area contributed by atoms with E-state index in [2.05, 4.69) is 0 Å². The molecule has 10 heteroatoms. The average molecular weight is 476 g/mol. The van der Waals surface area contributed by atoms with Crippen LogP contribution in [0, 0.1) is 22.0 Å². The fourth-order valence-corrected chi connectivity index (χ4v) is 4.70. The van der Waals surface area contributed by atoms with Crippen molar-refractivity contribution in [2.45, 2.75) is 32.2 Å². The first kappa shape index (κ1) is 22.2. The van der Waals surface area contributed by atoms with E-state index in [9.17, 15) is 24.5 Å². The van der Waals surface area contributed by atoms with Gasteiger partial charge in [-0.1, -0.05) is 54.2 Å². The minimum atomic E-state index is -0.816. The summed E-state index contributed by atoms with van der Waals surface area (Å²) < 4.78 is 0. The SMILES string of the molecule is O=C(c1ccccc1[N+](=O)[O-])N(Cc1ccc(Cl)c(Cl)c1)N1C(=O)[C@@H]2CCCC[C@H]2C1=O. The van der Waals surface area contributed by atoms with E-state index in [-0.39, 0.29) is 17.1 Å². The molecule has 0 radical (unpaired) electrons. The number of imide groups is 1. The number of hydrogen-bond donors (Lipinski definition) is 0. The third-order valence-corrected chi connectivity index (χ3v) is 6.68. The van der Waals surface area contributed by atoms with Crippen molar-refractivity contribution < 1.29 is 19.3 Å². The van der Waals surface area contributed by atoms with Crippen LogP contribution in [0.4, 0.5) is 5.69 Å². The quantitative estimate of drug-likeness (QED) is 0.356. The normalized spacial score (nSPS) is 20.2. The number of rotatable bonds is 5. The molecule has 8 nitrogen and oxygen atoms in total. The Morgan fingerprint density at radius 1 is 1.03 bits per heavy atom. The summed E-state index contributed by atoms with van der Waals surface area (Å²) in [5.41, 5.74) is -0.108. The Kier molecular flexibility index (Phi) is 6.17. The highest BCUT2D eigenvalue weighted by Gasteiger charge is 2.51. The van der Waals surface area contributed by atoms with Crippen LogP contribution in [-0.4, -0.2) is 32.7 Å². The largest absolute Gasteiger partial charge is 0.282 e. The second-order valence-electron chi connectivity index (χ2n) is 7.87. The van der Waals surface area contributed by atoms with Crippen molar-refractivity contribution >= 4 is 46.6 Å². The van der Waals surface area contributed by atoms with Crippen LogP contribution < -0.4 is 0 Å². The summed E-state index contributed by atoms with van der Waals surface area (Å²) in [4.78, 5) is 50.7. The average Bonchev–Trinajstić information content (AvgIpc) is 3.04. The maximum absolute atomic E-state index is 13.5. The fraction of sp³-hybridized carbons (Fsp3) is 0.318. The first-order valence-corrected chi connectivity index (χ1v) is 10.9. The molecule has 0 spiro atoms. The molecule has 0 aromatic heterocycles. The van der Waals surface area contributed by atoms with Gasteiger partial charge >= 0.3 is 0 Å². The smallest absolute Gasteiger partial charge is 0.272 e. The molecular weight excluding hydrogens is 457 g/mol. The summed E-state index contributed by atoms with van der Waals surface area (Å²) in [6, 6.07) is 10.1. The number of hydrazine groups is 1. The van der Waals surface area contributed by atoms with E-state index in [0.717, 1.165) is 22.9 Å². The molecule has 0 N–H and O–H groups in total. The molecule has 2 aromatic carbocycles. The van der Waals surface area contributed by atoms with Gasteiger partial charge in [-0.15, -0.1) is 0 Å². The monoisotopic (exact) mass is 475 g/mol. The Balaban J connectivity index is 1.77. The number of carbonyl (C=O) groups excluding carboxylic acids is 3. The fourth-order valence-electron chi connectivity index (χ4n) is 4.38. The van der Waals surface area contributed by atoms with E-state index in [0.29, 0.717) is 23.4 Å². The Hall–Kier alpha value is -2.97. The number of benzene rings is 2. The van der Waals surface area contributed by atoms with Gasteiger partial charge < -0.3 is 0 Å². The number of amides is 3. The minimum absolute atomic E-state index is 0.182. The summed E-state index contributed by atoms with van der Waals surface area (Å²) >= 11 is 12.1. The number of nitrogens with zero attached hydrogens (tertiary/aromatic N) is 3. The van der Waals surface area contributed by atoms with Crippen molar-refractivity contribution in [2.24, 2.45) is 11.8 Å². The summed E-state index contributed by atoms with van der Waals surface area (Å²) in [5.74, 6) is -2.68. The van der Waals surface area contributed by atoms with E-state index in [1.165, 1.54) is 30.3 Å². The molecule has 2 fully saturated rings. The molecule has 1 aliphatic carbocycles. The van der Waals surface area contributed by atoms with Crippen molar-refractivity contribution in [3.05, 3.63) is 73.8 Å². The molecule has 4 rings (SSSR count). The van der Waals surface area contributed by atoms with Crippen molar-refractivity contribution in [3.63, 3.8) is 0 Å². The molecule has 1 aliphatic heterocycles. The van der Waals surface area contributed by atoms with E-state index < -0.39 is 40.2 Å². The second kappa shape index (κ2) is 8.88. The number of halogens is 2. The van der Waals surface area contributed by atoms with E-state index in [1.54, 1.807) is 12.1 Å². The summed E-state index contributed by atoms with van der Waals surface area (Å²) in [6.07, 6.45) is 2.82. The topological polar surface area (TPSA) is 101 Å². The summed E-state index contributed by atoms with van der Waals surface area (Å²) in [6.45, 7) is -0.182. The van der Waals surface area contributed by atoms with Crippen LogP contribution in [-0.2, 0) is 16.1 Å². The van der Waals surface area contributed by atoms with Gasteiger partial charge in [0.15, 0.2) is 0 Å². The number of hydrogen-bond acceptors (Lipinski definition) is 5. The highest BCUT2D eigenvalue weighted by molar-refractivity contribution is 6.42. The molecule has 0 bridgehead atoms. The standard InChI is InChI=1S/C22H19Cl2N3O5/c23-17-10-9-13(11-18(17)24)12-25(20(28)16-7-3-4-8-19(16)27(31)32)26-21(29)14-5-1-2-6-15(14)22(26)30/h3-4,7-11,14-15H,1-2,5-6,12H2/t14-,15-/m1/s1. The van der Waals surface area contributed by atoms with E-state index in [4.69, 9.17) is 23.2 Å². The first-order valence-electron chi connectivity index (χ1n) is 10.2. The zero-order valence-corrected chi connectivity index (χ0v) is 18.4. The highest BCUT2D eigenvalue weighted by atomic mass is 35.5. The van der Waals surface area contributed by atoms with Crippen LogP contribution in [0.15, 0.2) is 42.5 Å². The molecule has 1 saturated heterocycles. The molecule has 166 valence electrons. The van der Waals surface area contributed by atoms with Crippen LogP contribution >= 0.6 is 23.2 Å². The molecule has 1 saturated carbocycles. The molecule has 2 aromatic rings. The van der Waals surface area contributed by atoms with Gasteiger partial charge in [-0.3, -0.25) is 24.5 Å². The predicted octanol–water partition coefficient (Wildman–Crippen LogP) is 4.63. The van der Waals surface area contributed by atoms with Gasteiger partial charge in [0.05, 0.1) is 33.3 Å². The van der Waals surface area contributed by atoms with Crippen molar-refractivity contribution in [3.8, 4) is 0 Å². The Morgan fingerprint density at radius 3 is 2.25 bits per heavy atom. The maximum Gasteiger partial charge on any atom is 0.282 e. The lowest BCUT2D eigenvalue weighted by molar-refractivity contribution is -0.385. The molecular formula is C22H19Cl2N3O5. The lowest BCUT2D eigenvalue weighted by atomic mass is 9.81. The highest BCUT2D eigenvalue weighted by Crippen LogP contribution is 2.39. The number of fused-ring (bicyclic) bond motifs is 1. The zero-order chi connectivity index (χ0) is 23.0. The van der Waals surface area contributed by atoms with Gasteiger partial charge in [-0.2, -0.15) is 5.01 Å². The number of nitro benzene ring substituents is 1. The molecule has 0 unspecified atom stereocenters. The van der Waals surface area contributed by atoms with Crippen LogP contribution in [0.2, 0.25) is 10.0 Å². The number of para-hydroxylation sites is 1. The second-order valence-corrected chi connectivity index (χ2v) is 8.69. The van der Waals surface area contributed by atoms with E-state index in [1.807, 2.05) is 0 Å². The summed E-state index contributed by atoms with van der Waals surface area (Å²) in [7, 11) is 0. The van der Waals surface area contributed by atoms with Gasteiger partial charge in [-0.25, -0.2) is 5.01 Å². The third-order valence-electron chi connectivity index (χ3n) is 5.94. The first-order chi connectivity index (χ1) is 15.3. The van der Waals surface area contributed by atoms with Crippen LogP contribution in [0.3, 0.4) is 0 Å². The number of carbonyl (C=O) groups is 3.